The zero-order valence-electron chi connectivity index (χ0n) is 15.9. The van der Waals surface area contributed by atoms with Crippen LogP contribution in [-0.2, 0) is 11.3 Å². The van der Waals surface area contributed by atoms with Crippen LogP contribution in [-0.4, -0.2) is 37.8 Å². The molecule has 2 aromatic rings. The Balaban J connectivity index is 1.66. The first-order valence-corrected chi connectivity index (χ1v) is 8.73. The molecule has 1 aliphatic rings. The molecule has 2 aromatic carbocycles. The van der Waals surface area contributed by atoms with Gasteiger partial charge in [0.15, 0.2) is 17.5 Å². The first-order chi connectivity index (χ1) is 13.4. The van der Waals surface area contributed by atoms with Crippen molar-refractivity contribution in [3.05, 3.63) is 52.1 Å². The number of carbonyl (C=O) groups is 1. The standard InChI is InChI=1S/C19H21N3O6/c1-12(21(2)10-13-4-7-16-18(8-13)28-11-27-16)19(23)20-15-6-5-14(22(24)25)9-17(15)26-3/h4-9,12H,10-11H2,1-3H3,(H,20,23)/p+1/t12-/m1/s1. The highest BCUT2D eigenvalue weighted by Crippen LogP contribution is 2.32. The second-order valence-corrected chi connectivity index (χ2v) is 6.56. The van der Waals surface area contributed by atoms with Gasteiger partial charge in [0.05, 0.1) is 30.8 Å². The Hall–Kier alpha value is -3.33. The van der Waals surface area contributed by atoms with Crippen LogP contribution >= 0.6 is 0 Å². The predicted molar refractivity (Wildman–Crippen MR) is 101 cm³/mol. The number of hydrogen-bond acceptors (Lipinski definition) is 6. The van der Waals surface area contributed by atoms with Gasteiger partial charge in [0, 0.05) is 11.6 Å². The number of amides is 1. The third-order valence-corrected chi connectivity index (χ3v) is 4.71. The van der Waals surface area contributed by atoms with Gasteiger partial charge < -0.3 is 24.4 Å². The van der Waals surface area contributed by atoms with Crippen molar-refractivity contribution in [1.29, 1.82) is 0 Å². The van der Waals surface area contributed by atoms with Crippen molar-refractivity contribution in [2.45, 2.75) is 19.5 Å². The van der Waals surface area contributed by atoms with Gasteiger partial charge in [-0.25, -0.2) is 0 Å². The molecule has 0 saturated carbocycles. The van der Waals surface area contributed by atoms with E-state index >= 15 is 0 Å². The molecule has 9 heteroatoms. The number of carbonyl (C=O) groups excluding carboxylic acids is 1. The number of nitrogens with zero attached hydrogens (tertiary/aromatic N) is 1. The molecular formula is C19H22N3O6+. The van der Waals surface area contributed by atoms with Gasteiger partial charge in [-0.3, -0.25) is 14.9 Å². The fourth-order valence-corrected chi connectivity index (χ4v) is 2.89. The number of methoxy groups -OCH3 is 1. The lowest BCUT2D eigenvalue weighted by Gasteiger charge is -2.21. The van der Waals surface area contributed by atoms with Crippen LogP contribution in [0.4, 0.5) is 11.4 Å². The zero-order chi connectivity index (χ0) is 20.3. The maximum atomic E-state index is 12.7. The first kappa shape index (κ1) is 19.4. The molecule has 148 valence electrons. The molecule has 1 amide bonds. The Kier molecular flexibility index (Phi) is 5.65. The highest BCUT2D eigenvalue weighted by molar-refractivity contribution is 5.95. The molecule has 2 atom stereocenters. The van der Waals surface area contributed by atoms with Crippen LogP contribution in [0.5, 0.6) is 17.2 Å². The van der Waals surface area contributed by atoms with Crippen molar-refractivity contribution in [2.75, 3.05) is 26.3 Å². The van der Waals surface area contributed by atoms with E-state index in [0.717, 1.165) is 16.2 Å². The van der Waals surface area contributed by atoms with Gasteiger partial charge in [0.1, 0.15) is 12.3 Å². The van der Waals surface area contributed by atoms with Crippen molar-refractivity contribution in [3.63, 3.8) is 0 Å². The van der Waals surface area contributed by atoms with Crippen LogP contribution < -0.4 is 24.4 Å². The Morgan fingerprint density at radius 2 is 2.04 bits per heavy atom. The third-order valence-electron chi connectivity index (χ3n) is 4.71. The van der Waals surface area contributed by atoms with Crippen LogP contribution in [0.15, 0.2) is 36.4 Å². The Morgan fingerprint density at radius 3 is 2.75 bits per heavy atom. The maximum absolute atomic E-state index is 12.7. The van der Waals surface area contributed by atoms with E-state index in [1.807, 2.05) is 32.2 Å². The minimum Gasteiger partial charge on any atom is -0.494 e. The molecule has 0 aliphatic carbocycles. The number of quaternary nitrogens is 1. The minimum absolute atomic E-state index is 0.103. The summed E-state index contributed by atoms with van der Waals surface area (Å²) in [5.41, 5.74) is 1.31. The molecule has 1 unspecified atom stereocenters. The van der Waals surface area contributed by atoms with Crippen molar-refractivity contribution in [2.24, 2.45) is 0 Å². The van der Waals surface area contributed by atoms with Crippen LogP contribution in [0.1, 0.15) is 12.5 Å². The summed E-state index contributed by atoms with van der Waals surface area (Å²) < 4.78 is 15.9. The summed E-state index contributed by atoms with van der Waals surface area (Å²) in [5.74, 6) is 1.45. The summed E-state index contributed by atoms with van der Waals surface area (Å²) >= 11 is 0. The number of ether oxygens (including phenoxy) is 3. The van der Waals surface area contributed by atoms with Gasteiger partial charge in [0.25, 0.3) is 11.6 Å². The van der Waals surface area contributed by atoms with E-state index in [0.29, 0.717) is 18.0 Å². The lowest BCUT2D eigenvalue weighted by atomic mass is 10.1. The second-order valence-electron chi connectivity index (χ2n) is 6.56. The topological polar surface area (TPSA) is 104 Å². The second kappa shape index (κ2) is 8.13. The molecule has 0 aromatic heterocycles. The lowest BCUT2D eigenvalue weighted by molar-refractivity contribution is -0.907. The average Bonchev–Trinajstić information content (AvgIpc) is 3.15. The van der Waals surface area contributed by atoms with Gasteiger partial charge in [0.2, 0.25) is 6.79 Å². The van der Waals surface area contributed by atoms with Crippen molar-refractivity contribution < 1.29 is 28.8 Å². The molecule has 3 rings (SSSR count). The number of likely N-dealkylation sites (N-methyl/N-ethyl adjacent to an activating group) is 1. The summed E-state index contributed by atoms with van der Waals surface area (Å²) in [5, 5.41) is 13.7. The molecule has 2 N–H and O–H groups in total. The summed E-state index contributed by atoms with van der Waals surface area (Å²) in [7, 11) is 3.32. The fraction of sp³-hybridized carbons (Fsp3) is 0.316. The zero-order valence-corrected chi connectivity index (χ0v) is 15.9. The third kappa shape index (κ3) is 4.15. The quantitative estimate of drug-likeness (QED) is 0.548. The van der Waals surface area contributed by atoms with E-state index in [4.69, 9.17) is 14.2 Å². The highest BCUT2D eigenvalue weighted by atomic mass is 16.7. The number of hydrogen-bond donors (Lipinski definition) is 2. The monoisotopic (exact) mass is 388 g/mol. The number of rotatable bonds is 7. The van der Waals surface area contributed by atoms with Crippen molar-refractivity contribution >= 4 is 17.3 Å². The van der Waals surface area contributed by atoms with Crippen LogP contribution in [0.3, 0.4) is 0 Å². The Bertz CT molecular complexity index is 901. The van der Waals surface area contributed by atoms with Gasteiger partial charge in [-0.15, -0.1) is 0 Å². The summed E-state index contributed by atoms with van der Waals surface area (Å²) in [4.78, 5) is 24.0. The number of anilines is 1. The van der Waals surface area contributed by atoms with E-state index in [9.17, 15) is 14.9 Å². The summed E-state index contributed by atoms with van der Waals surface area (Å²) in [6.45, 7) is 2.65. The van der Waals surface area contributed by atoms with E-state index in [2.05, 4.69) is 5.32 Å². The van der Waals surface area contributed by atoms with E-state index in [-0.39, 0.29) is 30.2 Å². The van der Waals surface area contributed by atoms with Gasteiger partial charge in [-0.05, 0) is 31.2 Å². The maximum Gasteiger partial charge on any atom is 0.282 e. The summed E-state index contributed by atoms with van der Waals surface area (Å²) in [6.07, 6.45) is 0. The average molecular weight is 388 g/mol. The smallest absolute Gasteiger partial charge is 0.282 e. The lowest BCUT2D eigenvalue weighted by Crippen LogP contribution is -3.12. The number of non-ortho nitro benzene ring substituents is 1. The van der Waals surface area contributed by atoms with Crippen molar-refractivity contribution in [3.8, 4) is 17.2 Å². The molecule has 0 spiro atoms. The number of nitro groups is 1. The molecular weight excluding hydrogens is 366 g/mol. The molecule has 0 fully saturated rings. The predicted octanol–water partition coefficient (Wildman–Crippen LogP) is 1.37. The van der Waals surface area contributed by atoms with Crippen molar-refractivity contribution in [1.82, 2.24) is 0 Å². The van der Waals surface area contributed by atoms with Gasteiger partial charge in [-0.1, -0.05) is 0 Å². The molecule has 1 aliphatic heterocycles. The number of nitro benzene ring substituents is 1. The number of benzene rings is 2. The Labute approximate surface area is 162 Å². The fourth-order valence-electron chi connectivity index (χ4n) is 2.89. The Morgan fingerprint density at radius 1 is 1.29 bits per heavy atom. The largest absolute Gasteiger partial charge is 0.494 e. The van der Waals surface area contributed by atoms with Crippen LogP contribution in [0, 0.1) is 10.1 Å². The van der Waals surface area contributed by atoms with Gasteiger partial charge in [-0.2, -0.15) is 0 Å². The molecule has 1 heterocycles. The summed E-state index contributed by atoms with van der Waals surface area (Å²) in [6, 6.07) is 9.42. The highest BCUT2D eigenvalue weighted by Gasteiger charge is 2.24. The molecule has 0 radical (unpaired) electrons. The molecule has 0 bridgehead atoms. The number of fused-ring (bicyclic) bond motifs is 1. The minimum atomic E-state index is -0.514. The molecule has 9 nitrogen and oxygen atoms in total. The first-order valence-electron chi connectivity index (χ1n) is 8.73. The van der Waals surface area contributed by atoms with Crippen LogP contribution in [0.25, 0.3) is 0 Å². The van der Waals surface area contributed by atoms with E-state index in [1.165, 1.54) is 25.3 Å². The molecule has 0 saturated heterocycles. The van der Waals surface area contributed by atoms with E-state index < -0.39 is 4.92 Å². The van der Waals surface area contributed by atoms with Crippen LogP contribution in [0.2, 0.25) is 0 Å². The normalized spacial score (nSPS) is 14.2. The van der Waals surface area contributed by atoms with E-state index in [1.54, 1.807) is 0 Å². The SMILES string of the molecule is COc1cc([N+](=O)[O-])ccc1NC(=O)[C@@H](C)[NH+](C)Cc1ccc2c(c1)OCO2. The van der Waals surface area contributed by atoms with Gasteiger partial charge >= 0.3 is 0 Å². The number of nitrogens with one attached hydrogen (secondary N) is 2. The molecule has 28 heavy (non-hydrogen) atoms.